The Kier molecular flexibility index (Phi) is 6.18. The topological polar surface area (TPSA) is 42.0 Å². The lowest BCUT2D eigenvalue weighted by Gasteiger charge is -2.14. The standard InChI is InChI=1S/C15H16Cl2N2OS/c1-11(12-4-6-18-7-5-12)19-8-9-21(20)15-10-13(16)2-3-14(15)17/h2-7,10-11,19H,8-9H2,1H3/t11-,21+/m0/s1. The molecule has 1 aromatic heterocycles. The number of halogens is 2. The van der Waals surface area contributed by atoms with Crippen LogP contribution in [0.15, 0.2) is 47.6 Å². The van der Waals surface area contributed by atoms with Crippen molar-refractivity contribution in [1.29, 1.82) is 0 Å². The molecular weight excluding hydrogens is 327 g/mol. The molecule has 1 heterocycles. The summed E-state index contributed by atoms with van der Waals surface area (Å²) in [5.41, 5.74) is 1.15. The molecule has 0 aliphatic rings. The molecule has 2 rings (SSSR count). The van der Waals surface area contributed by atoms with E-state index < -0.39 is 10.8 Å². The Morgan fingerprint density at radius 1 is 1.24 bits per heavy atom. The second-order valence-corrected chi connectivity index (χ2v) is 6.96. The third-order valence-electron chi connectivity index (χ3n) is 3.08. The van der Waals surface area contributed by atoms with Crippen molar-refractivity contribution in [2.24, 2.45) is 0 Å². The fourth-order valence-corrected chi connectivity index (χ4v) is 3.58. The highest BCUT2D eigenvalue weighted by atomic mass is 35.5. The molecule has 6 heteroatoms. The van der Waals surface area contributed by atoms with Gasteiger partial charge in [-0.05, 0) is 42.8 Å². The van der Waals surface area contributed by atoms with E-state index in [9.17, 15) is 4.21 Å². The first-order valence-electron chi connectivity index (χ1n) is 6.54. The highest BCUT2D eigenvalue weighted by molar-refractivity contribution is 7.85. The van der Waals surface area contributed by atoms with Crippen molar-refractivity contribution in [2.75, 3.05) is 12.3 Å². The van der Waals surface area contributed by atoms with Gasteiger partial charge in [0, 0.05) is 35.8 Å². The molecule has 0 aliphatic heterocycles. The smallest absolute Gasteiger partial charge is 0.0589 e. The summed E-state index contributed by atoms with van der Waals surface area (Å²) in [5, 5.41) is 4.37. The van der Waals surface area contributed by atoms with Crippen molar-refractivity contribution in [3.8, 4) is 0 Å². The maximum Gasteiger partial charge on any atom is 0.0589 e. The van der Waals surface area contributed by atoms with E-state index in [0.717, 1.165) is 5.56 Å². The summed E-state index contributed by atoms with van der Waals surface area (Å²) >= 11 is 12.0. The van der Waals surface area contributed by atoms with Gasteiger partial charge in [-0.25, -0.2) is 0 Å². The number of benzene rings is 1. The van der Waals surface area contributed by atoms with Crippen LogP contribution in [0.5, 0.6) is 0 Å². The summed E-state index contributed by atoms with van der Waals surface area (Å²) in [7, 11) is -1.17. The van der Waals surface area contributed by atoms with Crippen LogP contribution in [0.2, 0.25) is 10.0 Å². The lowest BCUT2D eigenvalue weighted by atomic mass is 10.1. The van der Waals surface area contributed by atoms with E-state index in [1.807, 2.05) is 12.1 Å². The Labute approximate surface area is 137 Å². The molecule has 1 aromatic carbocycles. The average Bonchev–Trinajstić information content (AvgIpc) is 2.50. The molecule has 0 saturated carbocycles. The second kappa shape index (κ2) is 7.90. The predicted octanol–water partition coefficient (Wildman–Crippen LogP) is 3.85. The second-order valence-electron chi connectivity index (χ2n) is 4.58. The number of pyridine rings is 1. The van der Waals surface area contributed by atoms with Crippen LogP contribution < -0.4 is 5.32 Å². The monoisotopic (exact) mass is 342 g/mol. The minimum atomic E-state index is -1.17. The van der Waals surface area contributed by atoms with E-state index in [4.69, 9.17) is 23.2 Å². The molecule has 0 saturated heterocycles. The number of hydrogen-bond acceptors (Lipinski definition) is 3. The Morgan fingerprint density at radius 2 is 1.95 bits per heavy atom. The fraction of sp³-hybridized carbons (Fsp3) is 0.267. The van der Waals surface area contributed by atoms with E-state index in [1.54, 1.807) is 30.6 Å². The fourth-order valence-electron chi connectivity index (χ4n) is 1.90. The molecule has 1 N–H and O–H groups in total. The summed E-state index contributed by atoms with van der Waals surface area (Å²) in [6.07, 6.45) is 3.52. The van der Waals surface area contributed by atoms with Gasteiger partial charge in [-0.2, -0.15) is 0 Å². The molecule has 0 aliphatic carbocycles. The lowest BCUT2D eigenvalue weighted by molar-refractivity contribution is 0.596. The van der Waals surface area contributed by atoms with Crippen LogP contribution >= 0.6 is 23.2 Å². The van der Waals surface area contributed by atoms with Gasteiger partial charge in [0.05, 0.1) is 20.7 Å². The number of hydrogen-bond donors (Lipinski definition) is 1. The molecule has 0 bridgehead atoms. The van der Waals surface area contributed by atoms with Crippen LogP contribution in [0, 0.1) is 0 Å². The number of aromatic nitrogens is 1. The van der Waals surface area contributed by atoms with Crippen LogP contribution in [-0.4, -0.2) is 21.5 Å². The predicted molar refractivity (Wildman–Crippen MR) is 88.4 cm³/mol. The Morgan fingerprint density at radius 3 is 2.67 bits per heavy atom. The van der Waals surface area contributed by atoms with Gasteiger partial charge >= 0.3 is 0 Å². The van der Waals surface area contributed by atoms with E-state index in [1.165, 1.54) is 0 Å². The SMILES string of the molecule is C[C@H](NCC[S@@](=O)c1cc(Cl)ccc1Cl)c1ccncc1. The van der Waals surface area contributed by atoms with Crippen molar-refractivity contribution in [3.05, 3.63) is 58.3 Å². The van der Waals surface area contributed by atoms with Gasteiger partial charge in [0.25, 0.3) is 0 Å². The molecule has 3 nitrogen and oxygen atoms in total. The molecule has 21 heavy (non-hydrogen) atoms. The highest BCUT2D eigenvalue weighted by Crippen LogP contribution is 2.23. The number of nitrogens with zero attached hydrogens (tertiary/aromatic N) is 1. The van der Waals surface area contributed by atoms with Crippen molar-refractivity contribution >= 4 is 34.0 Å². The average molecular weight is 343 g/mol. The lowest BCUT2D eigenvalue weighted by Crippen LogP contribution is -2.24. The van der Waals surface area contributed by atoms with Crippen LogP contribution in [0.1, 0.15) is 18.5 Å². The summed E-state index contributed by atoms with van der Waals surface area (Å²) in [4.78, 5) is 4.58. The van der Waals surface area contributed by atoms with Crippen molar-refractivity contribution < 1.29 is 4.21 Å². The van der Waals surface area contributed by atoms with Crippen LogP contribution in [0.3, 0.4) is 0 Å². The van der Waals surface area contributed by atoms with Gasteiger partial charge in [-0.15, -0.1) is 0 Å². The van der Waals surface area contributed by atoms with Gasteiger partial charge in [-0.1, -0.05) is 23.2 Å². The molecule has 112 valence electrons. The number of nitrogens with one attached hydrogen (secondary N) is 1. The summed E-state index contributed by atoms with van der Waals surface area (Å²) in [6, 6.07) is 9.12. The minimum absolute atomic E-state index is 0.180. The van der Waals surface area contributed by atoms with Crippen LogP contribution in [0.25, 0.3) is 0 Å². The summed E-state index contributed by atoms with van der Waals surface area (Å²) in [5.74, 6) is 0.482. The first-order valence-corrected chi connectivity index (χ1v) is 8.62. The third-order valence-corrected chi connectivity index (χ3v) is 5.16. The molecule has 0 fully saturated rings. The zero-order chi connectivity index (χ0) is 15.2. The van der Waals surface area contributed by atoms with Crippen LogP contribution in [-0.2, 0) is 10.8 Å². The Bertz CT molecular complexity index is 622. The molecular formula is C15H16Cl2N2OS. The normalized spacial score (nSPS) is 13.9. The van der Waals surface area contributed by atoms with Crippen molar-refractivity contribution in [2.45, 2.75) is 17.9 Å². The van der Waals surface area contributed by atoms with Gasteiger partial charge in [0.1, 0.15) is 0 Å². The zero-order valence-electron chi connectivity index (χ0n) is 11.6. The van der Waals surface area contributed by atoms with Crippen molar-refractivity contribution in [3.63, 3.8) is 0 Å². The minimum Gasteiger partial charge on any atom is -0.309 e. The van der Waals surface area contributed by atoms with Gasteiger partial charge < -0.3 is 5.32 Å². The molecule has 0 amide bonds. The molecule has 2 aromatic rings. The number of rotatable bonds is 6. The first-order chi connectivity index (χ1) is 10.1. The van der Waals surface area contributed by atoms with E-state index in [2.05, 4.69) is 17.2 Å². The molecule has 0 unspecified atom stereocenters. The summed E-state index contributed by atoms with van der Waals surface area (Å²) < 4.78 is 12.3. The van der Waals surface area contributed by atoms with Gasteiger partial charge in [0.15, 0.2) is 0 Å². The quantitative estimate of drug-likeness (QED) is 0.866. The first kappa shape index (κ1) is 16.4. The van der Waals surface area contributed by atoms with Gasteiger partial charge in [0.2, 0.25) is 0 Å². The maximum atomic E-state index is 12.3. The Hall–Kier alpha value is -0.940. The van der Waals surface area contributed by atoms with E-state index >= 15 is 0 Å². The van der Waals surface area contributed by atoms with E-state index in [0.29, 0.717) is 27.2 Å². The van der Waals surface area contributed by atoms with E-state index in [-0.39, 0.29) is 6.04 Å². The van der Waals surface area contributed by atoms with Gasteiger partial charge in [-0.3, -0.25) is 9.19 Å². The highest BCUT2D eigenvalue weighted by Gasteiger charge is 2.10. The zero-order valence-corrected chi connectivity index (χ0v) is 13.9. The Balaban J connectivity index is 1.88. The summed E-state index contributed by atoms with van der Waals surface area (Å²) in [6.45, 7) is 2.68. The molecule has 2 atom stereocenters. The molecule has 0 spiro atoms. The van der Waals surface area contributed by atoms with Crippen molar-refractivity contribution in [1.82, 2.24) is 10.3 Å². The largest absolute Gasteiger partial charge is 0.309 e. The molecule has 0 radical (unpaired) electrons. The third kappa shape index (κ3) is 4.78. The van der Waals surface area contributed by atoms with Crippen LogP contribution in [0.4, 0.5) is 0 Å². The maximum absolute atomic E-state index is 12.3.